The summed E-state index contributed by atoms with van der Waals surface area (Å²) in [5.74, 6) is 0. The lowest BCUT2D eigenvalue weighted by Crippen LogP contribution is -2.16. The number of nitrogens with one attached hydrogen (secondary N) is 1. The molecular formula is C12H15N3S. The number of rotatable bonds is 1. The molecule has 1 aliphatic heterocycles. The van der Waals surface area contributed by atoms with Gasteiger partial charge in [-0.05, 0) is 44.4 Å². The molecule has 0 aliphatic carbocycles. The lowest BCUT2D eigenvalue weighted by Gasteiger charge is -2.13. The van der Waals surface area contributed by atoms with Crippen LogP contribution in [0.2, 0.25) is 0 Å². The summed E-state index contributed by atoms with van der Waals surface area (Å²) in [5.41, 5.74) is 2.37. The molecule has 16 heavy (non-hydrogen) atoms. The Bertz CT molecular complexity index is 569. The van der Waals surface area contributed by atoms with E-state index in [2.05, 4.69) is 39.7 Å². The van der Waals surface area contributed by atoms with E-state index in [9.17, 15) is 0 Å². The Labute approximate surface area is 99.7 Å². The molecular weight excluding hydrogens is 218 g/mol. The van der Waals surface area contributed by atoms with Crippen LogP contribution in [0, 0.1) is 4.77 Å². The molecule has 0 spiro atoms. The fourth-order valence-electron chi connectivity index (χ4n) is 2.56. The number of hydrogen-bond donors (Lipinski definition) is 1. The van der Waals surface area contributed by atoms with Gasteiger partial charge in [0.25, 0.3) is 0 Å². The van der Waals surface area contributed by atoms with Gasteiger partial charge in [0.1, 0.15) is 0 Å². The summed E-state index contributed by atoms with van der Waals surface area (Å²) in [4.78, 5) is 5.63. The Hall–Kier alpha value is -1.13. The van der Waals surface area contributed by atoms with Gasteiger partial charge in [0.2, 0.25) is 0 Å². The van der Waals surface area contributed by atoms with Gasteiger partial charge >= 0.3 is 0 Å². The number of nitrogens with zero attached hydrogens (tertiary/aromatic N) is 2. The number of para-hydroxylation sites is 2. The summed E-state index contributed by atoms with van der Waals surface area (Å²) in [5, 5.41) is 0. The fraction of sp³-hybridized carbons (Fsp3) is 0.417. The Balaban J connectivity index is 2.15. The van der Waals surface area contributed by atoms with Crippen molar-refractivity contribution >= 4 is 23.3 Å². The fourth-order valence-corrected chi connectivity index (χ4v) is 2.92. The number of benzene rings is 1. The highest BCUT2D eigenvalue weighted by molar-refractivity contribution is 7.71. The highest BCUT2D eigenvalue weighted by Crippen LogP contribution is 2.25. The van der Waals surface area contributed by atoms with Crippen LogP contribution in [0.1, 0.15) is 12.5 Å². The number of likely N-dealkylation sites (tertiary alicyclic amines) is 1. The third kappa shape index (κ3) is 1.49. The number of likely N-dealkylation sites (N-methyl/N-ethyl adjacent to an activating group) is 1. The van der Waals surface area contributed by atoms with Crippen molar-refractivity contribution in [2.75, 3.05) is 20.1 Å². The Morgan fingerprint density at radius 2 is 2.19 bits per heavy atom. The van der Waals surface area contributed by atoms with Gasteiger partial charge in [-0.3, -0.25) is 0 Å². The zero-order chi connectivity index (χ0) is 11.1. The van der Waals surface area contributed by atoms with Crippen LogP contribution in [-0.2, 0) is 0 Å². The SMILES string of the molecule is CN1CCC(n2c(=S)[nH]c3ccccc32)C1. The molecule has 1 unspecified atom stereocenters. The maximum atomic E-state index is 5.42. The topological polar surface area (TPSA) is 24.0 Å². The van der Waals surface area contributed by atoms with Crippen molar-refractivity contribution in [3.63, 3.8) is 0 Å². The number of aromatic nitrogens is 2. The number of imidazole rings is 1. The number of fused-ring (bicyclic) bond motifs is 1. The first-order valence-electron chi connectivity index (χ1n) is 5.63. The highest BCUT2D eigenvalue weighted by atomic mass is 32.1. The first-order valence-corrected chi connectivity index (χ1v) is 6.04. The molecule has 1 fully saturated rings. The molecule has 1 aliphatic rings. The van der Waals surface area contributed by atoms with Crippen LogP contribution in [0.4, 0.5) is 0 Å². The summed E-state index contributed by atoms with van der Waals surface area (Å²) in [6, 6.07) is 8.85. The van der Waals surface area contributed by atoms with Crippen molar-refractivity contribution in [3.8, 4) is 0 Å². The van der Waals surface area contributed by atoms with Crippen molar-refractivity contribution in [2.45, 2.75) is 12.5 Å². The van der Waals surface area contributed by atoms with Gasteiger partial charge in [0.05, 0.1) is 17.1 Å². The summed E-state index contributed by atoms with van der Waals surface area (Å²) in [6.07, 6.45) is 1.19. The monoisotopic (exact) mass is 233 g/mol. The number of aromatic amines is 1. The van der Waals surface area contributed by atoms with Crippen LogP contribution in [0.25, 0.3) is 11.0 Å². The lowest BCUT2D eigenvalue weighted by molar-refractivity contribution is 0.394. The molecule has 1 aromatic carbocycles. The third-order valence-electron chi connectivity index (χ3n) is 3.36. The minimum atomic E-state index is 0.522. The van der Waals surface area contributed by atoms with Gasteiger partial charge < -0.3 is 14.5 Å². The average Bonchev–Trinajstić information content (AvgIpc) is 2.80. The highest BCUT2D eigenvalue weighted by Gasteiger charge is 2.22. The van der Waals surface area contributed by atoms with Crippen LogP contribution >= 0.6 is 12.2 Å². The Morgan fingerprint density at radius 3 is 2.94 bits per heavy atom. The number of hydrogen-bond acceptors (Lipinski definition) is 2. The second-order valence-electron chi connectivity index (χ2n) is 4.52. The number of H-pyrrole nitrogens is 1. The van der Waals surface area contributed by atoms with E-state index < -0.39 is 0 Å². The summed E-state index contributed by atoms with van der Waals surface area (Å²) in [7, 11) is 2.17. The van der Waals surface area contributed by atoms with E-state index in [1.807, 2.05) is 6.07 Å². The van der Waals surface area contributed by atoms with Crippen LogP contribution in [-0.4, -0.2) is 34.6 Å². The zero-order valence-corrected chi connectivity index (χ0v) is 10.1. The molecule has 0 bridgehead atoms. The molecule has 1 N–H and O–H groups in total. The van der Waals surface area contributed by atoms with Crippen molar-refractivity contribution in [3.05, 3.63) is 29.0 Å². The molecule has 3 rings (SSSR count). The lowest BCUT2D eigenvalue weighted by atomic mass is 10.2. The molecule has 1 aromatic heterocycles. The van der Waals surface area contributed by atoms with E-state index in [4.69, 9.17) is 12.2 Å². The van der Waals surface area contributed by atoms with Crippen molar-refractivity contribution in [1.82, 2.24) is 14.5 Å². The quantitative estimate of drug-likeness (QED) is 0.765. The molecule has 0 radical (unpaired) electrons. The van der Waals surface area contributed by atoms with Crippen LogP contribution in [0.15, 0.2) is 24.3 Å². The predicted octanol–water partition coefficient (Wildman–Crippen LogP) is 2.58. The summed E-state index contributed by atoms with van der Waals surface area (Å²) < 4.78 is 3.12. The molecule has 2 heterocycles. The predicted molar refractivity (Wildman–Crippen MR) is 68.3 cm³/mol. The van der Waals surface area contributed by atoms with E-state index >= 15 is 0 Å². The zero-order valence-electron chi connectivity index (χ0n) is 9.31. The minimum Gasteiger partial charge on any atom is -0.331 e. The molecule has 1 saturated heterocycles. The maximum Gasteiger partial charge on any atom is 0.178 e. The normalized spacial score (nSPS) is 21.9. The molecule has 2 aromatic rings. The Kier molecular flexibility index (Phi) is 2.33. The van der Waals surface area contributed by atoms with E-state index in [1.54, 1.807) is 0 Å². The van der Waals surface area contributed by atoms with Crippen LogP contribution in [0.5, 0.6) is 0 Å². The largest absolute Gasteiger partial charge is 0.331 e. The van der Waals surface area contributed by atoms with E-state index in [0.29, 0.717) is 6.04 Å². The van der Waals surface area contributed by atoms with Gasteiger partial charge in [0, 0.05) is 6.54 Å². The molecule has 4 heteroatoms. The summed E-state index contributed by atoms with van der Waals surface area (Å²) >= 11 is 5.42. The molecule has 0 saturated carbocycles. The van der Waals surface area contributed by atoms with Crippen molar-refractivity contribution in [1.29, 1.82) is 0 Å². The van der Waals surface area contributed by atoms with E-state index in [1.165, 1.54) is 11.9 Å². The average molecular weight is 233 g/mol. The molecule has 1 atom stereocenters. The first-order chi connectivity index (χ1) is 7.75. The van der Waals surface area contributed by atoms with E-state index in [-0.39, 0.29) is 0 Å². The first kappa shape index (κ1) is 10.1. The van der Waals surface area contributed by atoms with Crippen LogP contribution < -0.4 is 0 Å². The smallest absolute Gasteiger partial charge is 0.178 e. The van der Waals surface area contributed by atoms with Gasteiger partial charge in [0.15, 0.2) is 4.77 Å². The second kappa shape index (κ2) is 3.71. The van der Waals surface area contributed by atoms with Gasteiger partial charge in [-0.15, -0.1) is 0 Å². The third-order valence-corrected chi connectivity index (χ3v) is 3.65. The van der Waals surface area contributed by atoms with Crippen molar-refractivity contribution in [2.24, 2.45) is 0 Å². The Morgan fingerprint density at radius 1 is 1.38 bits per heavy atom. The van der Waals surface area contributed by atoms with E-state index in [0.717, 1.165) is 23.4 Å². The van der Waals surface area contributed by atoms with Crippen LogP contribution in [0.3, 0.4) is 0 Å². The molecule has 3 nitrogen and oxygen atoms in total. The standard InChI is InChI=1S/C12H15N3S/c1-14-7-6-9(8-14)15-11-5-3-2-4-10(11)13-12(15)16/h2-5,9H,6-8H2,1H3,(H,13,16). The summed E-state index contributed by atoms with van der Waals surface area (Å²) in [6.45, 7) is 2.25. The molecule has 0 amide bonds. The van der Waals surface area contributed by atoms with Gasteiger partial charge in [-0.1, -0.05) is 12.1 Å². The van der Waals surface area contributed by atoms with Crippen molar-refractivity contribution < 1.29 is 0 Å². The molecule has 84 valence electrons. The maximum absolute atomic E-state index is 5.42. The minimum absolute atomic E-state index is 0.522. The van der Waals surface area contributed by atoms with Gasteiger partial charge in [-0.25, -0.2) is 0 Å². The van der Waals surface area contributed by atoms with Gasteiger partial charge in [-0.2, -0.15) is 0 Å². The second-order valence-corrected chi connectivity index (χ2v) is 4.91.